The van der Waals surface area contributed by atoms with Crippen molar-refractivity contribution in [1.29, 1.82) is 0 Å². The van der Waals surface area contributed by atoms with E-state index in [4.69, 9.17) is 0 Å². The van der Waals surface area contributed by atoms with Crippen LogP contribution in [0.4, 0.5) is 0 Å². The molecule has 0 aliphatic carbocycles. The van der Waals surface area contributed by atoms with Crippen LogP contribution in [0, 0.1) is 11.3 Å². The van der Waals surface area contributed by atoms with E-state index in [1.807, 2.05) is 0 Å². The van der Waals surface area contributed by atoms with Crippen LogP contribution in [-0.4, -0.2) is 25.0 Å². The highest BCUT2D eigenvalue weighted by Crippen LogP contribution is 2.25. The van der Waals surface area contributed by atoms with E-state index in [2.05, 4.69) is 46.6 Å². The van der Waals surface area contributed by atoms with Gasteiger partial charge in [0.15, 0.2) is 0 Å². The van der Waals surface area contributed by atoms with Crippen molar-refractivity contribution in [1.82, 2.24) is 4.90 Å². The molecule has 1 heteroatoms. The number of hydrogen-bond acceptors (Lipinski definition) is 1. The zero-order valence-corrected chi connectivity index (χ0v) is 10.4. The van der Waals surface area contributed by atoms with Gasteiger partial charge in [0.2, 0.25) is 0 Å². The number of nitrogens with zero attached hydrogens (tertiary/aromatic N) is 1. The minimum Gasteiger partial charge on any atom is -0.306 e. The fourth-order valence-electron chi connectivity index (χ4n) is 2.36. The average molecular weight is 201 g/mol. The second kappa shape index (κ2) is 7.28. The summed E-state index contributed by atoms with van der Waals surface area (Å²) in [5.41, 5.74) is 0.470. The summed E-state index contributed by atoms with van der Waals surface area (Å²) in [5.74, 6) is 0.810. The van der Waals surface area contributed by atoms with Crippen molar-refractivity contribution in [3.63, 3.8) is 0 Å². The molecule has 0 heterocycles. The molecule has 0 N–H and O–H groups in total. The van der Waals surface area contributed by atoms with Crippen LogP contribution in [0.15, 0.2) is 0 Å². The first-order valence-corrected chi connectivity index (χ1v) is 5.56. The Bertz CT molecular complexity index is 127. The Kier molecular flexibility index (Phi) is 8.52. The lowest BCUT2D eigenvalue weighted by Crippen LogP contribution is -2.32. The van der Waals surface area contributed by atoms with Crippen molar-refractivity contribution in [2.24, 2.45) is 11.3 Å². The predicted molar refractivity (Wildman–Crippen MR) is 67.8 cm³/mol. The van der Waals surface area contributed by atoms with Gasteiger partial charge in [-0.05, 0) is 37.8 Å². The quantitative estimate of drug-likeness (QED) is 0.627. The van der Waals surface area contributed by atoms with Crippen LogP contribution >= 0.6 is 0 Å². The SMILES string of the molecule is C.CCCN(C)CC(C)(C)CC(C)C. The highest BCUT2D eigenvalue weighted by molar-refractivity contribution is 4.73. The van der Waals surface area contributed by atoms with E-state index < -0.39 is 0 Å². The Morgan fingerprint density at radius 3 is 2.07 bits per heavy atom. The maximum Gasteiger partial charge on any atom is 0.00297 e. The predicted octanol–water partition coefficient (Wildman–Crippen LogP) is 4.04. The van der Waals surface area contributed by atoms with Gasteiger partial charge in [0.1, 0.15) is 0 Å². The number of hydrogen-bond donors (Lipinski definition) is 0. The Balaban J connectivity index is 0. The van der Waals surface area contributed by atoms with E-state index in [9.17, 15) is 0 Å². The lowest BCUT2D eigenvalue weighted by atomic mass is 9.83. The topological polar surface area (TPSA) is 3.24 Å². The molecule has 0 aromatic heterocycles. The van der Waals surface area contributed by atoms with Crippen LogP contribution < -0.4 is 0 Å². The Hall–Kier alpha value is -0.0400. The van der Waals surface area contributed by atoms with Crippen LogP contribution in [0.1, 0.15) is 54.9 Å². The molecule has 0 bridgehead atoms. The molecular weight excluding hydrogens is 170 g/mol. The second-order valence-electron chi connectivity index (χ2n) is 5.50. The van der Waals surface area contributed by atoms with Crippen LogP contribution in [0.5, 0.6) is 0 Å². The highest BCUT2D eigenvalue weighted by Gasteiger charge is 2.20. The van der Waals surface area contributed by atoms with Crippen molar-refractivity contribution in [2.75, 3.05) is 20.1 Å². The highest BCUT2D eigenvalue weighted by atomic mass is 15.1. The molecule has 0 aromatic rings. The normalized spacial score (nSPS) is 12.0. The van der Waals surface area contributed by atoms with Crippen molar-refractivity contribution >= 4 is 0 Å². The van der Waals surface area contributed by atoms with Crippen molar-refractivity contribution in [2.45, 2.75) is 54.9 Å². The van der Waals surface area contributed by atoms with E-state index >= 15 is 0 Å². The number of rotatable bonds is 6. The minimum atomic E-state index is 0. The molecule has 0 aliphatic rings. The summed E-state index contributed by atoms with van der Waals surface area (Å²) in [6.07, 6.45) is 2.58. The summed E-state index contributed by atoms with van der Waals surface area (Å²) in [5, 5.41) is 0. The summed E-state index contributed by atoms with van der Waals surface area (Å²) in [6.45, 7) is 14.0. The van der Waals surface area contributed by atoms with E-state index in [0.717, 1.165) is 5.92 Å². The van der Waals surface area contributed by atoms with E-state index in [1.54, 1.807) is 0 Å². The maximum atomic E-state index is 2.45. The first-order valence-electron chi connectivity index (χ1n) is 5.56. The summed E-state index contributed by atoms with van der Waals surface area (Å²) >= 11 is 0. The molecule has 0 atom stereocenters. The van der Waals surface area contributed by atoms with Gasteiger partial charge in [-0.15, -0.1) is 0 Å². The molecule has 0 radical (unpaired) electrons. The molecule has 0 aliphatic heterocycles. The van der Waals surface area contributed by atoms with Gasteiger partial charge in [0, 0.05) is 6.54 Å². The fourth-order valence-corrected chi connectivity index (χ4v) is 2.36. The van der Waals surface area contributed by atoms with Gasteiger partial charge in [-0.1, -0.05) is 42.0 Å². The molecule has 14 heavy (non-hydrogen) atoms. The van der Waals surface area contributed by atoms with Gasteiger partial charge in [-0.2, -0.15) is 0 Å². The molecule has 0 unspecified atom stereocenters. The molecule has 1 nitrogen and oxygen atoms in total. The Morgan fingerprint density at radius 2 is 1.71 bits per heavy atom. The van der Waals surface area contributed by atoms with Gasteiger partial charge >= 0.3 is 0 Å². The summed E-state index contributed by atoms with van der Waals surface area (Å²) in [4.78, 5) is 2.45. The molecule has 0 amide bonds. The average Bonchev–Trinajstić information content (AvgIpc) is 1.81. The molecule has 0 saturated heterocycles. The third-order valence-corrected chi connectivity index (χ3v) is 2.26. The minimum absolute atomic E-state index is 0. The van der Waals surface area contributed by atoms with E-state index in [1.165, 1.54) is 25.9 Å². The van der Waals surface area contributed by atoms with Crippen LogP contribution in [-0.2, 0) is 0 Å². The Labute approximate surface area is 91.9 Å². The third kappa shape index (κ3) is 8.55. The largest absolute Gasteiger partial charge is 0.306 e. The standard InChI is InChI=1S/C12H27N.CH4/c1-7-8-13(6)10-12(4,5)9-11(2)3;/h11H,7-10H2,1-6H3;1H4. The zero-order chi connectivity index (χ0) is 10.5. The van der Waals surface area contributed by atoms with Gasteiger partial charge in [0.05, 0.1) is 0 Å². The zero-order valence-electron chi connectivity index (χ0n) is 10.4. The molecular formula is C13H31N. The van der Waals surface area contributed by atoms with Crippen LogP contribution in [0.2, 0.25) is 0 Å². The third-order valence-electron chi connectivity index (χ3n) is 2.26. The van der Waals surface area contributed by atoms with Crippen LogP contribution in [0.3, 0.4) is 0 Å². The van der Waals surface area contributed by atoms with Gasteiger partial charge in [-0.3, -0.25) is 0 Å². The molecule has 88 valence electrons. The first-order chi connectivity index (χ1) is 5.87. The Morgan fingerprint density at radius 1 is 1.21 bits per heavy atom. The van der Waals surface area contributed by atoms with Crippen molar-refractivity contribution < 1.29 is 0 Å². The monoisotopic (exact) mass is 201 g/mol. The van der Waals surface area contributed by atoms with Gasteiger partial charge in [0.25, 0.3) is 0 Å². The van der Waals surface area contributed by atoms with Crippen molar-refractivity contribution in [3.05, 3.63) is 0 Å². The molecule has 0 rings (SSSR count). The van der Waals surface area contributed by atoms with Crippen LogP contribution in [0.25, 0.3) is 0 Å². The second-order valence-corrected chi connectivity index (χ2v) is 5.50. The first kappa shape index (κ1) is 16.4. The maximum absolute atomic E-state index is 2.45. The molecule has 0 spiro atoms. The summed E-state index contributed by atoms with van der Waals surface area (Å²) in [7, 11) is 2.23. The summed E-state index contributed by atoms with van der Waals surface area (Å²) < 4.78 is 0. The van der Waals surface area contributed by atoms with E-state index in [0.29, 0.717) is 5.41 Å². The fraction of sp³-hybridized carbons (Fsp3) is 1.00. The van der Waals surface area contributed by atoms with Crippen molar-refractivity contribution in [3.8, 4) is 0 Å². The smallest absolute Gasteiger partial charge is 0.00297 e. The molecule has 0 fully saturated rings. The molecule has 0 aromatic carbocycles. The summed E-state index contributed by atoms with van der Waals surface area (Å²) in [6, 6.07) is 0. The van der Waals surface area contributed by atoms with E-state index in [-0.39, 0.29) is 7.43 Å². The molecule has 0 saturated carbocycles. The lowest BCUT2D eigenvalue weighted by Gasteiger charge is -2.31. The van der Waals surface area contributed by atoms with Gasteiger partial charge < -0.3 is 4.90 Å². The lowest BCUT2D eigenvalue weighted by molar-refractivity contribution is 0.180. The van der Waals surface area contributed by atoms with Gasteiger partial charge in [-0.25, -0.2) is 0 Å².